The Labute approximate surface area is 283 Å². The van der Waals surface area contributed by atoms with Crippen LogP contribution in [0.25, 0.3) is 0 Å². The molecule has 0 amide bonds. The van der Waals surface area contributed by atoms with Gasteiger partial charge in [0.15, 0.2) is 0 Å². The number of hydrogen-bond donors (Lipinski definition) is 1. The number of nitrogens with zero attached hydrogens (tertiary/aromatic N) is 2. The topological polar surface area (TPSA) is 63.7 Å². The summed E-state index contributed by atoms with van der Waals surface area (Å²) in [6, 6.07) is 25.9. The molecule has 0 radical (unpaired) electrons. The van der Waals surface area contributed by atoms with Crippen LogP contribution < -0.4 is 5.32 Å². The van der Waals surface area contributed by atoms with Crippen LogP contribution >= 0.6 is 23.2 Å². The van der Waals surface area contributed by atoms with Crippen LogP contribution in [0.15, 0.2) is 91.1 Å². The van der Waals surface area contributed by atoms with Gasteiger partial charge >= 0.3 is 5.97 Å². The van der Waals surface area contributed by atoms with Crippen molar-refractivity contribution in [3.63, 3.8) is 0 Å². The molecule has 9 rings (SSSR count). The molecule has 4 fully saturated rings. The molecule has 47 heavy (non-hydrogen) atoms. The summed E-state index contributed by atoms with van der Waals surface area (Å²) in [4.78, 5) is 21.8. The molecule has 6 nitrogen and oxygen atoms in total. The van der Waals surface area contributed by atoms with Gasteiger partial charge in [-0.15, -0.1) is 0 Å². The first-order valence-corrected chi connectivity index (χ1v) is 17.0. The van der Waals surface area contributed by atoms with Crippen molar-refractivity contribution in [1.82, 2.24) is 9.88 Å². The summed E-state index contributed by atoms with van der Waals surface area (Å²) in [7, 11) is 0. The van der Waals surface area contributed by atoms with Gasteiger partial charge in [-0.25, -0.2) is 9.37 Å². The molecule has 1 unspecified atom stereocenters. The monoisotopic (exact) mass is 669 g/mol. The van der Waals surface area contributed by atoms with Gasteiger partial charge in [0.2, 0.25) is 0 Å². The van der Waals surface area contributed by atoms with Gasteiger partial charge in [-0.1, -0.05) is 110 Å². The van der Waals surface area contributed by atoms with E-state index in [1.54, 1.807) is 18.2 Å². The second-order valence-electron chi connectivity index (χ2n) is 14.5. The number of pyridine rings is 1. The molecule has 1 N–H and O–H groups in total. The number of hydrogen-bond acceptors (Lipinski definition) is 6. The second kappa shape index (κ2) is 10.0. The summed E-state index contributed by atoms with van der Waals surface area (Å²) in [5.74, 6) is -1.61. The molecule has 2 aliphatic carbocycles. The van der Waals surface area contributed by atoms with Gasteiger partial charge < -0.3 is 14.8 Å². The third-order valence-corrected chi connectivity index (χ3v) is 12.3. The molecule has 240 valence electrons. The molecule has 3 aromatic carbocycles. The fourth-order valence-electron chi connectivity index (χ4n) is 10.5. The molecule has 5 aliphatic rings. The number of aromatic nitrogens is 1. The van der Waals surface area contributed by atoms with Crippen LogP contribution in [0, 0.1) is 11.2 Å². The number of benzene rings is 3. The third-order valence-electron chi connectivity index (χ3n) is 11.8. The lowest BCUT2D eigenvalue weighted by Crippen LogP contribution is -2.61. The number of anilines is 1. The Balaban J connectivity index is 1.40. The Hall–Kier alpha value is -3.49. The lowest BCUT2D eigenvalue weighted by atomic mass is 9.69. The number of esters is 1. The van der Waals surface area contributed by atoms with Crippen LogP contribution in [0.2, 0.25) is 10.2 Å². The number of morpholine rings is 1. The Kier molecular flexibility index (Phi) is 6.32. The SMILES string of the molecule is CC1(C)CCC23N4[C@H](c5ccccc5)[C@H](c5ccccc5)OC(=O)[C@H]4[C@H](c4cccc(Cl)c4F)[C@]24c2cnc(Cl)cc2NCO[C@]34C1. The van der Waals surface area contributed by atoms with Crippen molar-refractivity contribution in [3.8, 4) is 0 Å². The predicted molar refractivity (Wildman–Crippen MR) is 178 cm³/mol. The Morgan fingerprint density at radius 2 is 1.66 bits per heavy atom. The van der Waals surface area contributed by atoms with Gasteiger partial charge in [-0.3, -0.25) is 9.69 Å². The molecular formula is C38H34Cl2FN3O3. The third kappa shape index (κ3) is 3.64. The average Bonchev–Trinajstić information content (AvgIpc) is 3.50. The molecule has 3 aliphatic heterocycles. The van der Waals surface area contributed by atoms with E-state index in [1.807, 2.05) is 60.8 Å². The zero-order valence-electron chi connectivity index (χ0n) is 26.1. The summed E-state index contributed by atoms with van der Waals surface area (Å²) in [5.41, 5.74) is 1.48. The number of carbonyl (C=O) groups is 1. The molecule has 7 atom stereocenters. The normalized spacial score (nSPS) is 34.8. The highest BCUT2D eigenvalue weighted by Crippen LogP contribution is 2.88. The summed E-state index contributed by atoms with van der Waals surface area (Å²) in [6.45, 7) is 4.79. The molecule has 2 saturated heterocycles. The largest absolute Gasteiger partial charge is 0.454 e. The number of piperidine rings is 1. The van der Waals surface area contributed by atoms with E-state index in [4.69, 9.17) is 32.7 Å². The predicted octanol–water partition coefficient (Wildman–Crippen LogP) is 8.37. The number of fused-ring (bicyclic) bond motifs is 2. The van der Waals surface area contributed by atoms with Gasteiger partial charge in [-0.05, 0) is 53.5 Å². The molecule has 1 aromatic heterocycles. The summed E-state index contributed by atoms with van der Waals surface area (Å²) >= 11 is 13.0. The van der Waals surface area contributed by atoms with Crippen LogP contribution in [-0.4, -0.2) is 39.8 Å². The highest BCUT2D eigenvalue weighted by molar-refractivity contribution is 6.30. The highest BCUT2D eigenvalue weighted by Gasteiger charge is 3.00. The van der Waals surface area contributed by atoms with Gasteiger partial charge in [0.05, 0.1) is 22.0 Å². The first-order chi connectivity index (χ1) is 22.7. The minimum absolute atomic E-state index is 0.0115. The van der Waals surface area contributed by atoms with Gasteiger partial charge in [0.1, 0.15) is 35.4 Å². The number of cyclic esters (lactones) is 1. The van der Waals surface area contributed by atoms with E-state index >= 15 is 4.39 Å². The van der Waals surface area contributed by atoms with Crippen LogP contribution in [0.4, 0.5) is 10.1 Å². The molecule has 2 saturated carbocycles. The fourth-order valence-corrected chi connectivity index (χ4v) is 10.8. The minimum atomic E-state index is -0.891. The minimum Gasteiger partial charge on any atom is -0.454 e. The van der Waals surface area contributed by atoms with Crippen molar-refractivity contribution in [2.24, 2.45) is 5.41 Å². The number of halogens is 3. The van der Waals surface area contributed by atoms with Crippen LogP contribution in [0.1, 0.15) is 73.4 Å². The van der Waals surface area contributed by atoms with E-state index in [1.165, 1.54) is 0 Å². The van der Waals surface area contributed by atoms with Crippen LogP contribution in [0.3, 0.4) is 0 Å². The van der Waals surface area contributed by atoms with Crippen molar-refractivity contribution >= 4 is 34.9 Å². The maximum Gasteiger partial charge on any atom is 0.324 e. The van der Waals surface area contributed by atoms with E-state index in [0.717, 1.165) is 35.2 Å². The van der Waals surface area contributed by atoms with Gasteiger partial charge in [0, 0.05) is 23.4 Å². The number of rotatable bonds is 3. The first-order valence-electron chi connectivity index (χ1n) is 16.2. The average molecular weight is 671 g/mol. The summed E-state index contributed by atoms with van der Waals surface area (Å²) < 4.78 is 30.3. The second-order valence-corrected chi connectivity index (χ2v) is 15.2. The van der Waals surface area contributed by atoms with Gasteiger partial charge in [0.25, 0.3) is 0 Å². The van der Waals surface area contributed by atoms with Crippen molar-refractivity contribution in [3.05, 3.63) is 129 Å². The van der Waals surface area contributed by atoms with Crippen molar-refractivity contribution < 1.29 is 18.7 Å². The first kappa shape index (κ1) is 29.6. The fraction of sp³-hybridized carbons (Fsp3) is 0.368. The quantitative estimate of drug-likeness (QED) is 0.175. The van der Waals surface area contributed by atoms with E-state index in [-0.39, 0.29) is 29.2 Å². The molecule has 4 aromatic rings. The zero-order chi connectivity index (χ0) is 32.3. The molecule has 3 spiro atoms. The maximum absolute atomic E-state index is 16.6. The summed E-state index contributed by atoms with van der Waals surface area (Å²) in [5, 5.41) is 3.81. The standard InChI is InChI=1S/C38H34Cl2FN3O3/c1-35(2)16-17-36-37(20-35)38(36,25-19-42-28(40)18-27(25)43-21-46-37)29(24-14-9-15-26(39)30(24)41)32-34(45)47-33(23-12-7-4-8-13-23)31(44(32)36)22-10-5-3-6-11-22/h3-15,18-19,29,31-33,43H,16-17,20-21H2,1-2H3/t29-,31+,32+,33-,36?,37+,38+/m0/s1. The number of ether oxygens (including phenoxy) is 2. The number of nitrogens with one attached hydrogen (secondary N) is 1. The van der Waals surface area contributed by atoms with Crippen LogP contribution in [-0.2, 0) is 19.7 Å². The Morgan fingerprint density at radius 1 is 0.936 bits per heavy atom. The van der Waals surface area contributed by atoms with E-state index in [9.17, 15) is 4.79 Å². The Morgan fingerprint density at radius 3 is 2.40 bits per heavy atom. The Bertz CT molecular complexity index is 1930. The highest BCUT2D eigenvalue weighted by atomic mass is 35.5. The van der Waals surface area contributed by atoms with E-state index < -0.39 is 40.4 Å². The van der Waals surface area contributed by atoms with Crippen LogP contribution in [0.5, 0.6) is 0 Å². The summed E-state index contributed by atoms with van der Waals surface area (Å²) in [6.07, 6.45) is 3.55. The van der Waals surface area contributed by atoms with Crippen molar-refractivity contribution in [1.29, 1.82) is 0 Å². The lowest BCUT2D eigenvalue weighted by molar-refractivity contribution is -0.189. The molecule has 0 bridgehead atoms. The molecule has 4 heterocycles. The van der Waals surface area contributed by atoms with E-state index in [0.29, 0.717) is 17.1 Å². The van der Waals surface area contributed by atoms with Crippen molar-refractivity contribution in [2.75, 3.05) is 12.0 Å². The molecule has 9 heteroatoms. The maximum atomic E-state index is 16.6. The smallest absolute Gasteiger partial charge is 0.324 e. The van der Waals surface area contributed by atoms with Gasteiger partial charge in [-0.2, -0.15) is 0 Å². The number of carbonyl (C=O) groups excluding carboxylic acids is 1. The van der Waals surface area contributed by atoms with E-state index in [2.05, 4.69) is 41.2 Å². The lowest BCUT2D eigenvalue weighted by Gasteiger charge is -2.53. The molecular weight excluding hydrogens is 636 g/mol. The van der Waals surface area contributed by atoms with Crippen molar-refractivity contribution in [2.45, 2.75) is 73.8 Å². The zero-order valence-corrected chi connectivity index (χ0v) is 27.6.